The molecule has 0 aliphatic carbocycles. The van der Waals surface area contributed by atoms with Crippen LogP contribution in [0, 0.1) is 11.8 Å². The minimum atomic E-state index is -1.00. The van der Waals surface area contributed by atoms with Gasteiger partial charge in [0.25, 0.3) is 0 Å². The van der Waals surface area contributed by atoms with Crippen LogP contribution in [0.25, 0.3) is 20.2 Å². The summed E-state index contributed by atoms with van der Waals surface area (Å²) in [7, 11) is 3.10. The van der Waals surface area contributed by atoms with Crippen molar-refractivity contribution in [2.24, 2.45) is 11.8 Å². The summed E-state index contributed by atoms with van der Waals surface area (Å²) in [6.45, 7) is 5.45. The average Bonchev–Trinajstić information content (AvgIpc) is 3.59. The van der Waals surface area contributed by atoms with Gasteiger partial charge in [0, 0.05) is 46.7 Å². The highest BCUT2D eigenvalue weighted by Crippen LogP contribution is 2.39. The molecule has 0 saturated carbocycles. The second kappa shape index (κ2) is 14.0. The number of rotatable bonds is 16. The Morgan fingerprint density at radius 2 is 1.14 bits per heavy atom. The summed E-state index contributed by atoms with van der Waals surface area (Å²) in [5.74, 6) is -0.192. The number of benzene rings is 2. The fourth-order valence-electron chi connectivity index (χ4n) is 4.33. The number of hydrogen-bond acceptors (Lipinski definition) is 10. The van der Waals surface area contributed by atoms with Gasteiger partial charge in [-0.25, -0.2) is 0 Å². The number of carbonyl (C=O) groups excluding carboxylic acids is 3. The second-order valence-corrected chi connectivity index (χ2v) is 12.5. The lowest BCUT2D eigenvalue weighted by Gasteiger charge is -2.13. The average molecular weight is 627 g/mol. The molecule has 0 fully saturated rings. The molecule has 2 aromatic carbocycles. The lowest BCUT2D eigenvalue weighted by Crippen LogP contribution is -2.13. The molecular weight excluding hydrogens is 592 g/mol. The first kappa shape index (κ1) is 32.0. The molecule has 0 saturated heterocycles. The van der Waals surface area contributed by atoms with E-state index < -0.39 is 11.9 Å². The minimum absolute atomic E-state index is 0.00784. The van der Waals surface area contributed by atoms with Gasteiger partial charge >= 0.3 is 5.97 Å². The smallest absolute Gasteiger partial charge is 0.306 e. The quantitative estimate of drug-likeness (QED) is 0.103. The van der Waals surface area contributed by atoms with Crippen molar-refractivity contribution in [3.8, 4) is 23.0 Å². The van der Waals surface area contributed by atoms with E-state index in [1.807, 2.05) is 30.3 Å². The number of carbonyl (C=O) groups is 4. The lowest BCUT2D eigenvalue weighted by atomic mass is 10.0. The minimum Gasteiger partial charge on any atom is -0.493 e. The summed E-state index contributed by atoms with van der Waals surface area (Å²) in [6.07, 6.45) is 0.671. The van der Waals surface area contributed by atoms with Crippen molar-refractivity contribution in [2.45, 2.75) is 40.0 Å². The third-order valence-corrected chi connectivity index (χ3v) is 9.34. The fourth-order valence-corrected chi connectivity index (χ4v) is 6.37. The normalized spacial score (nSPS) is 12.6. The number of Topliss-reactive ketones (excluding diaryl/α,β-unsaturated/α-hetero) is 3. The van der Waals surface area contributed by atoms with E-state index in [9.17, 15) is 19.2 Å². The molecule has 0 aliphatic rings. The number of hydrogen-bond donors (Lipinski definition) is 1. The Morgan fingerprint density at radius 1 is 0.698 bits per heavy atom. The molecule has 0 aliphatic heterocycles. The molecule has 2 aromatic heterocycles. The van der Waals surface area contributed by atoms with Gasteiger partial charge in [-0.05, 0) is 42.0 Å². The van der Waals surface area contributed by atoms with Gasteiger partial charge in [0.2, 0.25) is 0 Å². The molecule has 2 atom stereocenters. The molecule has 0 spiro atoms. The maximum Gasteiger partial charge on any atom is 0.306 e. The van der Waals surface area contributed by atoms with Gasteiger partial charge in [0.05, 0.1) is 43.1 Å². The zero-order valence-corrected chi connectivity index (χ0v) is 26.3. The van der Waals surface area contributed by atoms with Crippen LogP contribution >= 0.6 is 22.7 Å². The zero-order chi connectivity index (χ0) is 31.3. The number of carboxylic acids is 1. The van der Waals surface area contributed by atoms with E-state index in [2.05, 4.69) is 0 Å². The van der Waals surface area contributed by atoms with E-state index in [-0.39, 0.29) is 36.1 Å². The molecule has 0 amide bonds. The Labute approximate surface area is 257 Å². The van der Waals surface area contributed by atoms with E-state index in [0.717, 1.165) is 20.2 Å². The topological polar surface area (TPSA) is 125 Å². The van der Waals surface area contributed by atoms with Gasteiger partial charge in [0.15, 0.2) is 34.6 Å². The predicted octanol–water partition coefficient (Wildman–Crippen LogP) is 7.07. The van der Waals surface area contributed by atoms with Crippen LogP contribution in [0.4, 0.5) is 0 Å². The first-order chi connectivity index (χ1) is 20.5. The maximum atomic E-state index is 12.7. The third kappa shape index (κ3) is 7.71. The van der Waals surface area contributed by atoms with Crippen LogP contribution in [0.15, 0.2) is 36.4 Å². The van der Waals surface area contributed by atoms with Gasteiger partial charge in [-0.3, -0.25) is 19.2 Å². The van der Waals surface area contributed by atoms with Crippen molar-refractivity contribution in [3.05, 3.63) is 46.2 Å². The molecule has 228 valence electrons. The molecule has 2 heterocycles. The number of carboxylic acid groups (broad SMARTS) is 1. The number of methoxy groups -OCH3 is 2. The van der Waals surface area contributed by atoms with Crippen molar-refractivity contribution < 1.29 is 43.2 Å². The molecule has 9 nitrogen and oxygen atoms in total. The van der Waals surface area contributed by atoms with Crippen molar-refractivity contribution in [2.75, 3.05) is 27.4 Å². The van der Waals surface area contributed by atoms with E-state index in [1.54, 1.807) is 27.2 Å². The van der Waals surface area contributed by atoms with Crippen LogP contribution < -0.4 is 18.9 Å². The summed E-state index contributed by atoms with van der Waals surface area (Å²) in [5.41, 5.74) is 0. The molecule has 1 N–H and O–H groups in total. The molecular formula is C32H34O9S2. The van der Waals surface area contributed by atoms with Gasteiger partial charge in [0.1, 0.15) is 5.78 Å². The number of aliphatic carboxylic acids is 1. The summed E-state index contributed by atoms with van der Waals surface area (Å²) in [4.78, 5) is 49.0. The molecule has 11 heteroatoms. The van der Waals surface area contributed by atoms with E-state index in [1.165, 1.54) is 36.5 Å². The molecule has 43 heavy (non-hydrogen) atoms. The summed E-state index contributed by atoms with van der Waals surface area (Å²) < 4.78 is 24.7. The second-order valence-electron chi connectivity index (χ2n) is 10.4. The molecule has 0 bridgehead atoms. The van der Waals surface area contributed by atoms with Crippen LogP contribution in [0.1, 0.15) is 59.4 Å². The largest absolute Gasteiger partial charge is 0.493 e. The van der Waals surface area contributed by atoms with Crippen LogP contribution in [0.2, 0.25) is 0 Å². The highest BCUT2D eigenvalue weighted by molar-refractivity contribution is 7.21. The van der Waals surface area contributed by atoms with Crippen LogP contribution in [0.3, 0.4) is 0 Å². The van der Waals surface area contributed by atoms with Crippen LogP contribution in [-0.2, 0) is 9.59 Å². The number of ketones is 3. The number of thiophene rings is 2. The number of fused-ring (bicyclic) bond motifs is 2. The Bertz CT molecular complexity index is 1540. The highest BCUT2D eigenvalue weighted by atomic mass is 32.1. The molecule has 4 rings (SSSR count). The van der Waals surface area contributed by atoms with Crippen molar-refractivity contribution in [1.29, 1.82) is 0 Å². The summed E-state index contributed by atoms with van der Waals surface area (Å²) in [5, 5.41) is 10.8. The Morgan fingerprint density at radius 3 is 1.63 bits per heavy atom. The first-order valence-corrected chi connectivity index (χ1v) is 15.4. The van der Waals surface area contributed by atoms with Gasteiger partial charge in [-0.2, -0.15) is 0 Å². The maximum absolute atomic E-state index is 12.7. The van der Waals surface area contributed by atoms with Crippen LogP contribution in [0.5, 0.6) is 23.0 Å². The van der Waals surface area contributed by atoms with E-state index >= 15 is 0 Å². The molecule has 0 radical (unpaired) electrons. The molecule has 0 unspecified atom stereocenters. The van der Waals surface area contributed by atoms with Gasteiger partial charge in [-0.1, -0.05) is 13.8 Å². The van der Waals surface area contributed by atoms with Crippen LogP contribution in [-0.4, -0.2) is 55.9 Å². The third-order valence-electron chi connectivity index (χ3n) is 7.06. The lowest BCUT2D eigenvalue weighted by molar-refractivity contribution is -0.141. The van der Waals surface area contributed by atoms with Crippen molar-refractivity contribution in [1.82, 2.24) is 0 Å². The Hall–Kier alpha value is -3.96. The van der Waals surface area contributed by atoms with Crippen molar-refractivity contribution >= 4 is 66.2 Å². The van der Waals surface area contributed by atoms with E-state index in [0.29, 0.717) is 52.4 Å². The SMILES string of the molecule is COc1cc2sc(C(=O)C[C@H](C)C(=O)O)cc2cc1OCCCOc1cc2sc(C(=O)C[C@H](C)C(C)=O)cc2cc1OC. The van der Waals surface area contributed by atoms with Gasteiger partial charge < -0.3 is 24.1 Å². The van der Waals surface area contributed by atoms with Crippen molar-refractivity contribution in [3.63, 3.8) is 0 Å². The Kier molecular flexibility index (Phi) is 10.4. The highest BCUT2D eigenvalue weighted by Gasteiger charge is 2.21. The fraction of sp³-hybridized carbons (Fsp3) is 0.375. The molecule has 4 aromatic rings. The number of ether oxygens (including phenoxy) is 4. The standard InChI is InChI=1S/C32H34O9S2/c1-17(19(3)33)9-22(34)30-13-20-11-24(38-4)27(16-29(20)43-30)41-8-6-7-40-26-12-21-14-31(23(35)10-18(2)32(36)37)42-28(21)15-25(26)39-5/h11-18H,6-10H2,1-5H3,(H,36,37)/t17-,18-/m0/s1. The van der Waals surface area contributed by atoms with E-state index in [4.69, 9.17) is 24.1 Å². The van der Waals surface area contributed by atoms with Gasteiger partial charge in [-0.15, -0.1) is 22.7 Å². The zero-order valence-electron chi connectivity index (χ0n) is 24.7. The Balaban J connectivity index is 1.38. The summed E-state index contributed by atoms with van der Waals surface area (Å²) >= 11 is 2.66. The monoisotopic (exact) mass is 626 g/mol. The first-order valence-electron chi connectivity index (χ1n) is 13.8. The predicted molar refractivity (Wildman–Crippen MR) is 167 cm³/mol. The summed E-state index contributed by atoms with van der Waals surface area (Å²) in [6, 6.07) is 10.9.